The van der Waals surface area contributed by atoms with Gasteiger partial charge >= 0.3 is 0 Å². The Hall–Kier alpha value is -2.32. The van der Waals surface area contributed by atoms with Crippen LogP contribution in [0.15, 0.2) is 52.0 Å². The first-order valence-electron chi connectivity index (χ1n) is 7.94. The van der Waals surface area contributed by atoms with Gasteiger partial charge < -0.3 is 4.74 Å². The number of aromatic amines is 1. The van der Waals surface area contributed by atoms with Crippen molar-refractivity contribution in [2.75, 3.05) is 0 Å². The van der Waals surface area contributed by atoms with Crippen molar-refractivity contribution in [3.63, 3.8) is 0 Å². The second-order valence-corrected chi connectivity index (χ2v) is 6.70. The number of aromatic nitrogens is 3. The van der Waals surface area contributed by atoms with Gasteiger partial charge in [-0.1, -0.05) is 19.1 Å². The number of halogens is 2. The highest BCUT2D eigenvalue weighted by molar-refractivity contribution is 9.10. The van der Waals surface area contributed by atoms with Crippen LogP contribution in [0.1, 0.15) is 23.9 Å². The van der Waals surface area contributed by atoms with E-state index in [0.29, 0.717) is 17.1 Å². The minimum absolute atomic E-state index is 0.262. The third kappa shape index (κ3) is 4.44. The zero-order valence-corrected chi connectivity index (χ0v) is 16.3. The van der Waals surface area contributed by atoms with Crippen LogP contribution in [0.4, 0.5) is 4.39 Å². The average Bonchev–Trinajstić information content (AvgIpc) is 3.00. The van der Waals surface area contributed by atoms with Gasteiger partial charge in [0.1, 0.15) is 18.2 Å². The van der Waals surface area contributed by atoms with Gasteiger partial charge in [0.2, 0.25) is 4.77 Å². The Morgan fingerprint density at radius 1 is 1.31 bits per heavy atom. The fraction of sp³-hybridized carbons (Fsp3) is 0.167. The van der Waals surface area contributed by atoms with Crippen LogP contribution in [0.25, 0.3) is 0 Å². The molecule has 1 heterocycles. The smallest absolute Gasteiger partial charge is 0.216 e. The number of hydrogen-bond acceptors (Lipinski definition) is 4. The van der Waals surface area contributed by atoms with Crippen LogP contribution in [-0.4, -0.2) is 21.1 Å². The summed E-state index contributed by atoms with van der Waals surface area (Å²) in [7, 11) is 0. The monoisotopic (exact) mass is 434 g/mol. The SMILES string of the molecule is CCc1n[nH]c(=S)n1N=Cc1ccc(OCc2ccc(F)cc2)c(Br)c1. The zero-order valence-electron chi connectivity index (χ0n) is 13.9. The molecule has 8 heteroatoms. The largest absolute Gasteiger partial charge is 0.488 e. The van der Waals surface area contributed by atoms with Gasteiger partial charge in [0.05, 0.1) is 10.7 Å². The van der Waals surface area contributed by atoms with Gasteiger partial charge in [0.25, 0.3) is 0 Å². The number of rotatable bonds is 6. The molecule has 0 amide bonds. The van der Waals surface area contributed by atoms with Crippen LogP contribution < -0.4 is 4.74 Å². The lowest BCUT2D eigenvalue weighted by atomic mass is 10.2. The third-order valence-electron chi connectivity index (χ3n) is 3.62. The second-order valence-electron chi connectivity index (χ2n) is 5.46. The van der Waals surface area contributed by atoms with Crippen LogP contribution in [0.2, 0.25) is 0 Å². The van der Waals surface area contributed by atoms with Gasteiger partial charge in [-0.15, -0.1) is 0 Å². The van der Waals surface area contributed by atoms with E-state index in [2.05, 4.69) is 31.2 Å². The lowest BCUT2D eigenvalue weighted by molar-refractivity contribution is 0.304. The Labute approximate surface area is 163 Å². The molecule has 1 aromatic heterocycles. The Bertz CT molecular complexity index is 982. The summed E-state index contributed by atoms with van der Waals surface area (Å²) >= 11 is 8.67. The summed E-state index contributed by atoms with van der Waals surface area (Å²) in [4.78, 5) is 0. The third-order valence-corrected chi connectivity index (χ3v) is 4.50. The maximum absolute atomic E-state index is 12.9. The van der Waals surface area contributed by atoms with Crippen molar-refractivity contribution in [2.45, 2.75) is 20.0 Å². The predicted molar refractivity (Wildman–Crippen MR) is 105 cm³/mol. The molecule has 3 rings (SSSR count). The summed E-state index contributed by atoms with van der Waals surface area (Å²) in [6.45, 7) is 2.34. The fourth-order valence-electron chi connectivity index (χ4n) is 2.25. The van der Waals surface area contributed by atoms with E-state index in [4.69, 9.17) is 17.0 Å². The van der Waals surface area contributed by atoms with Gasteiger partial charge in [-0.3, -0.25) is 5.10 Å². The van der Waals surface area contributed by atoms with Crippen LogP contribution in [0.5, 0.6) is 5.75 Å². The van der Waals surface area contributed by atoms with Crippen LogP contribution >= 0.6 is 28.1 Å². The van der Waals surface area contributed by atoms with Gasteiger partial charge in [-0.05, 0) is 69.6 Å². The predicted octanol–water partition coefficient (Wildman–Crippen LogP) is 4.87. The molecule has 26 heavy (non-hydrogen) atoms. The molecule has 0 aliphatic rings. The molecule has 0 unspecified atom stereocenters. The molecule has 2 aromatic carbocycles. The highest BCUT2D eigenvalue weighted by Gasteiger charge is 2.04. The van der Waals surface area contributed by atoms with Gasteiger partial charge in [-0.2, -0.15) is 14.9 Å². The molecule has 0 aliphatic heterocycles. The van der Waals surface area contributed by atoms with Crippen molar-refractivity contribution in [1.82, 2.24) is 14.9 Å². The molecule has 0 bridgehead atoms. The molecule has 0 aliphatic carbocycles. The van der Waals surface area contributed by atoms with E-state index < -0.39 is 0 Å². The highest BCUT2D eigenvalue weighted by Crippen LogP contribution is 2.26. The number of nitrogens with one attached hydrogen (secondary N) is 1. The normalized spacial score (nSPS) is 11.2. The summed E-state index contributed by atoms with van der Waals surface area (Å²) in [6.07, 6.45) is 2.43. The van der Waals surface area contributed by atoms with Crippen LogP contribution in [0.3, 0.4) is 0 Å². The number of aryl methyl sites for hydroxylation is 1. The van der Waals surface area contributed by atoms with E-state index in [1.807, 2.05) is 25.1 Å². The summed E-state index contributed by atoms with van der Waals surface area (Å²) in [5, 5.41) is 11.2. The maximum Gasteiger partial charge on any atom is 0.216 e. The van der Waals surface area contributed by atoms with Crippen molar-refractivity contribution < 1.29 is 9.13 Å². The second kappa shape index (κ2) is 8.37. The Kier molecular flexibility index (Phi) is 5.95. The van der Waals surface area contributed by atoms with Gasteiger partial charge in [0, 0.05) is 6.42 Å². The molecule has 134 valence electrons. The topological polar surface area (TPSA) is 55.2 Å². The minimum Gasteiger partial charge on any atom is -0.488 e. The molecule has 0 fully saturated rings. The molecule has 0 saturated heterocycles. The average molecular weight is 435 g/mol. The lowest BCUT2D eigenvalue weighted by Gasteiger charge is -2.09. The summed E-state index contributed by atoms with van der Waals surface area (Å²) in [5.74, 6) is 1.20. The van der Waals surface area contributed by atoms with Crippen LogP contribution in [0, 0.1) is 10.6 Å². The molecular weight excluding hydrogens is 419 g/mol. The molecule has 0 saturated carbocycles. The number of H-pyrrole nitrogens is 1. The van der Waals surface area contributed by atoms with Crippen LogP contribution in [-0.2, 0) is 13.0 Å². The van der Waals surface area contributed by atoms with Crippen molar-refractivity contribution in [3.8, 4) is 5.75 Å². The standard InChI is InChI=1S/C18H16BrFN4OS/c1-2-17-22-23-18(26)24(17)21-10-13-5-8-16(15(19)9-13)25-11-12-3-6-14(20)7-4-12/h3-10H,2,11H2,1H3,(H,23,26). The fourth-order valence-corrected chi connectivity index (χ4v) is 2.96. The van der Waals surface area contributed by atoms with Gasteiger partial charge in [-0.25, -0.2) is 4.39 Å². The molecule has 5 nitrogen and oxygen atoms in total. The minimum atomic E-state index is -0.262. The number of nitrogens with zero attached hydrogens (tertiary/aromatic N) is 3. The number of hydrogen-bond donors (Lipinski definition) is 1. The Morgan fingerprint density at radius 3 is 2.77 bits per heavy atom. The summed E-state index contributed by atoms with van der Waals surface area (Å²) < 4.78 is 21.6. The molecule has 3 aromatic rings. The number of benzene rings is 2. The van der Waals surface area contributed by atoms with E-state index >= 15 is 0 Å². The summed E-state index contributed by atoms with van der Waals surface area (Å²) in [6, 6.07) is 11.9. The quantitative estimate of drug-likeness (QED) is 0.444. The van der Waals surface area contributed by atoms with E-state index in [1.54, 1.807) is 23.0 Å². The molecule has 1 N–H and O–H groups in total. The van der Waals surface area contributed by atoms with E-state index in [1.165, 1.54) is 12.1 Å². The first-order valence-corrected chi connectivity index (χ1v) is 9.14. The van der Waals surface area contributed by atoms with Crippen molar-refractivity contribution >= 4 is 34.4 Å². The summed E-state index contributed by atoms with van der Waals surface area (Å²) in [5.41, 5.74) is 1.78. The first-order chi connectivity index (χ1) is 12.6. The van der Waals surface area contributed by atoms with E-state index in [0.717, 1.165) is 27.8 Å². The van der Waals surface area contributed by atoms with Crippen molar-refractivity contribution in [2.24, 2.45) is 5.10 Å². The van der Waals surface area contributed by atoms with E-state index in [9.17, 15) is 4.39 Å². The Morgan fingerprint density at radius 2 is 2.08 bits per heavy atom. The molecular formula is C18H16BrFN4OS. The lowest BCUT2D eigenvalue weighted by Crippen LogP contribution is -1.98. The molecule has 0 spiro atoms. The number of ether oxygens (including phenoxy) is 1. The zero-order chi connectivity index (χ0) is 18.5. The van der Waals surface area contributed by atoms with Gasteiger partial charge in [0.15, 0.2) is 5.82 Å². The van der Waals surface area contributed by atoms with Crippen molar-refractivity contribution in [1.29, 1.82) is 0 Å². The first kappa shape index (κ1) is 18.5. The maximum atomic E-state index is 12.9. The van der Waals surface area contributed by atoms with E-state index in [-0.39, 0.29) is 5.82 Å². The Balaban J connectivity index is 1.71. The molecule has 0 atom stereocenters. The highest BCUT2D eigenvalue weighted by atomic mass is 79.9. The molecule has 0 radical (unpaired) electrons. The van der Waals surface area contributed by atoms with Crippen molar-refractivity contribution in [3.05, 3.63) is 74.5 Å².